The summed E-state index contributed by atoms with van der Waals surface area (Å²) in [4.78, 5) is 15.2. The van der Waals surface area contributed by atoms with E-state index in [2.05, 4.69) is 10.1 Å². The maximum atomic E-state index is 13.5. The molecule has 41 heavy (non-hydrogen) atoms. The number of rotatable bonds is 9. The van der Waals surface area contributed by atoms with Crippen LogP contribution in [0.5, 0.6) is 23.0 Å². The summed E-state index contributed by atoms with van der Waals surface area (Å²) < 4.78 is 36.1. The topological polar surface area (TPSA) is 94.3 Å². The molecule has 0 radical (unpaired) electrons. The molecular weight excluding hydrogens is 527 g/mol. The summed E-state index contributed by atoms with van der Waals surface area (Å²) >= 11 is 0. The van der Waals surface area contributed by atoms with Gasteiger partial charge in [-0.25, -0.2) is 4.39 Å². The molecule has 0 aliphatic carbocycles. The molecule has 0 amide bonds. The largest absolute Gasteiger partial charge is 0.507 e. The highest BCUT2D eigenvalue weighted by Crippen LogP contribution is 2.42. The number of phenols is 1. The molecule has 4 aromatic rings. The second kappa shape index (κ2) is 11.8. The summed E-state index contributed by atoms with van der Waals surface area (Å²) in [6.45, 7) is 3.41. The van der Waals surface area contributed by atoms with Gasteiger partial charge < -0.3 is 28.7 Å². The number of carbonyl (C=O) groups excluding carboxylic acids is 1. The summed E-state index contributed by atoms with van der Waals surface area (Å²) in [6.07, 6.45) is 3.51. The molecular formula is C32H33FN2O6. The number of piperidine rings is 1. The van der Waals surface area contributed by atoms with Crippen molar-refractivity contribution in [2.75, 3.05) is 33.4 Å². The van der Waals surface area contributed by atoms with Gasteiger partial charge in [0.15, 0.2) is 11.4 Å². The first-order chi connectivity index (χ1) is 20.0. The number of methoxy groups -OCH3 is 1. The van der Waals surface area contributed by atoms with Crippen LogP contribution in [-0.2, 0) is 0 Å². The van der Waals surface area contributed by atoms with Crippen molar-refractivity contribution in [2.24, 2.45) is 0 Å². The number of ketones is 1. The lowest BCUT2D eigenvalue weighted by molar-refractivity contribution is 0.0844. The Bertz CT molecular complexity index is 1530. The SMILES string of the molecule is COc1ccc([C@@H]2CC(=O)c3c(O)cc(OCCCCN4CCC(c5noc6cc(F)ccc56)CC4)cc3O2)cc1. The predicted octanol–water partition coefficient (Wildman–Crippen LogP) is 6.43. The first-order valence-electron chi connectivity index (χ1n) is 14.1. The van der Waals surface area contributed by atoms with E-state index in [0.29, 0.717) is 29.6 Å². The molecule has 0 bridgehead atoms. The fourth-order valence-corrected chi connectivity index (χ4v) is 5.79. The zero-order valence-corrected chi connectivity index (χ0v) is 23.0. The smallest absolute Gasteiger partial charge is 0.174 e. The number of aromatic nitrogens is 1. The summed E-state index contributed by atoms with van der Waals surface area (Å²) in [5, 5.41) is 15.7. The number of unbranched alkanes of at least 4 members (excludes halogenated alkanes) is 1. The monoisotopic (exact) mass is 560 g/mol. The quantitative estimate of drug-likeness (QED) is 0.234. The minimum atomic E-state index is -0.439. The number of likely N-dealkylation sites (tertiary alicyclic amines) is 1. The highest BCUT2D eigenvalue weighted by Gasteiger charge is 2.31. The Morgan fingerprint density at radius 2 is 1.85 bits per heavy atom. The van der Waals surface area contributed by atoms with Crippen LogP contribution >= 0.6 is 0 Å². The molecule has 2 aliphatic heterocycles. The zero-order valence-electron chi connectivity index (χ0n) is 23.0. The van der Waals surface area contributed by atoms with Crippen LogP contribution in [0.4, 0.5) is 4.39 Å². The van der Waals surface area contributed by atoms with Gasteiger partial charge in [0.05, 0.1) is 25.8 Å². The van der Waals surface area contributed by atoms with Gasteiger partial charge in [-0.3, -0.25) is 4.79 Å². The molecule has 0 unspecified atom stereocenters. The number of fused-ring (bicyclic) bond motifs is 2. The van der Waals surface area contributed by atoms with Gasteiger partial charge in [0.2, 0.25) is 0 Å². The lowest BCUT2D eigenvalue weighted by Gasteiger charge is -2.31. The van der Waals surface area contributed by atoms with E-state index in [9.17, 15) is 14.3 Å². The third-order valence-electron chi connectivity index (χ3n) is 8.03. The molecule has 1 aromatic heterocycles. The van der Waals surface area contributed by atoms with Crippen molar-refractivity contribution < 1.29 is 33.0 Å². The average Bonchev–Trinajstić information content (AvgIpc) is 3.40. The minimum absolute atomic E-state index is 0.122. The van der Waals surface area contributed by atoms with Gasteiger partial charge in [-0.2, -0.15) is 0 Å². The number of carbonyl (C=O) groups is 1. The third-order valence-corrected chi connectivity index (χ3v) is 8.03. The number of ether oxygens (including phenoxy) is 3. The Morgan fingerprint density at radius 1 is 1.05 bits per heavy atom. The number of nitrogens with zero attached hydrogens (tertiary/aromatic N) is 2. The third kappa shape index (κ3) is 5.86. The fraction of sp³-hybridized carbons (Fsp3) is 0.375. The van der Waals surface area contributed by atoms with Crippen LogP contribution in [-0.4, -0.2) is 54.3 Å². The van der Waals surface area contributed by atoms with Crippen LogP contribution < -0.4 is 14.2 Å². The maximum Gasteiger partial charge on any atom is 0.174 e. The number of hydrogen-bond acceptors (Lipinski definition) is 8. The summed E-state index contributed by atoms with van der Waals surface area (Å²) in [7, 11) is 1.60. The standard InChI is InChI=1S/C32H33FN2O6/c1-38-23-7-4-20(5-8-23)28-19-27(37)31-26(36)17-24(18-30(31)40-28)39-15-3-2-12-35-13-10-21(11-14-35)32-25-9-6-22(33)16-29(25)41-34-32/h4-9,16-18,21,28,36H,2-3,10-15,19H2,1H3/t28-/m0/s1. The van der Waals surface area contributed by atoms with Crippen molar-refractivity contribution in [3.05, 3.63) is 77.2 Å². The number of hydrogen-bond donors (Lipinski definition) is 1. The van der Waals surface area contributed by atoms with E-state index in [4.69, 9.17) is 18.7 Å². The molecule has 1 saturated heterocycles. The van der Waals surface area contributed by atoms with E-state index >= 15 is 0 Å². The molecule has 214 valence electrons. The molecule has 1 fully saturated rings. The van der Waals surface area contributed by atoms with Crippen molar-refractivity contribution in [1.82, 2.24) is 10.1 Å². The lowest BCUT2D eigenvalue weighted by Crippen LogP contribution is -2.34. The first kappa shape index (κ1) is 27.1. The number of Topliss-reactive ketones (excluding diaryl/α,β-unsaturated/α-hetero) is 1. The number of benzene rings is 3. The molecule has 3 heterocycles. The van der Waals surface area contributed by atoms with Crippen molar-refractivity contribution >= 4 is 16.8 Å². The van der Waals surface area contributed by atoms with E-state index in [-0.39, 0.29) is 29.3 Å². The Labute approximate surface area is 237 Å². The van der Waals surface area contributed by atoms with E-state index in [1.165, 1.54) is 18.2 Å². The Balaban J connectivity index is 0.973. The van der Waals surface area contributed by atoms with Gasteiger partial charge >= 0.3 is 0 Å². The number of aromatic hydroxyl groups is 1. The van der Waals surface area contributed by atoms with Crippen molar-refractivity contribution in [1.29, 1.82) is 0 Å². The van der Waals surface area contributed by atoms with Gasteiger partial charge in [-0.1, -0.05) is 17.3 Å². The molecule has 6 rings (SSSR count). The molecule has 1 N–H and O–H groups in total. The van der Waals surface area contributed by atoms with E-state index in [1.807, 2.05) is 24.3 Å². The highest BCUT2D eigenvalue weighted by molar-refractivity contribution is 6.02. The van der Waals surface area contributed by atoms with Crippen LogP contribution in [0.3, 0.4) is 0 Å². The molecule has 1 atom stereocenters. The Hall–Kier alpha value is -4.11. The summed E-state index contributed by atoms with van der Waals surface area (Å²) in [5.74, 6) is 1.26. The second-order valence-electron chi connectivity index (χ2n) is 10.7. The molecule has 0 spiro atoms. The van der Waals surface area contributed by atoms with Gasteiger partial charge in [0, 0.05) is 29.5 Å². The van der Waals surface area contributed by atoms with Gasteiger partial charge in [0.25, 0.3) is 0 Å². The van der Waals surface area contributed by atoms with E-state index < -0.39 is 6.10 Å². The van der Waals surface area contributed by atoms with Crippen molar-refractivity contribution in [2.45, 2.75) is 44.1 Å². The predicted molar refractivity (Wildman–Crippen MR) is 151 cm³/mol. The van der Waals surface area contributed by atoms with Crippen LogP contribution in [0, 0.1) is 5.82 Å². The molecule has 2 aliphatic rings. The van der Waals surface area contributed by atoms with Gasteiger partial charge in [0.1, 0.15) is 40.5 Å². The molecule has 9 heteroatoms. The van der Waals surface area contributed by atoms with Crippen molar-refractivity contribution in [3.63, 3.8) is 0 Å². The van der Waals surface area contributed by atoms with E-state index in [1.54, 1.807) is 19.2 Å². The Morgan fingerprint density at radius 3 is 2.63 bits per heavy atom. The summed E-state index contributed by atoms with van der Waals surface area (Å²) in [5.41, 5.74) is 2.51. The fourth-order valence-electron chi connectivity index (χ4n) is 5.79. The minimum Gasteiger partial charge on any atom is -0.507 e. The summed E-state index contributed by atoms with van der Waals surface area (Å²) in [6, 6.07) is 15.2. The van der Waals surface area contributed by atoms with Gasteiger partial charge in [-0.05, 0) is 75.1 Å². The normalized spacial score (nSPS) is 17.8. The number of halogens is 1. The van der Waals surface area contributed by atoms with Crippen molar-refractivity contribution in [3.8, 4) is 23.0 Å². The molecule has 3 aromatic carbocycles. The number of phenolic OH excluding ortho intramolecular Hbond substituents is 1. The van der Waals surface area contributed by atoms with Crippen LogP contribution in [0.15, 0.2) is 59.1 Å². The molecule has 8 nitrogen and oxygen atoms in total. The highest BCUT2D eigenvalue weighted by atomic mass is 19.1. The lowest BCUT2D eigenvalue weighted by atomic mass is 9.91. The maximum absolute atomic E-state index is 13.5. The Kier molecular flexibility index (Phi) is 7.78. The van der Waals surface area contributed by atoms with Gasteiger partial charge in [-0.15, -0.1) is 0 Å². The molecule has 0 saturated carbocycles. The van der Waals surface area contributed by atoms with Crippen LogP contribution in [0.2, 0.25) is 0 Å². The van der Waals surface area contributed by atoms with Crippen LogP contribution in [0.25, 0.3) is 11.0 Å². The van der Waals surface area contributed by atoms with Crippen LogP contribution in [0.1, 0.15) is 65.7 Å². The zero-order chi connectivity index (χ0) is 28.3. The first-order valence-corrected chi connectivity index (χ1v) is 14.1. The average molecular weight is 561 g/mol. The second-order valence-corrected chi connectivity index (χ2v) is 10.7. The van der Waals surface area contributed by atoms with E-state index in [0.717, 1.165) is 67.7 Å².